The van der Waals surface area contributed by atoms with Gasteiger partial charge in [-0.1, -0.05) is 42.5 Å². The van der Waals surface area contributed by atoms with Gasteiger partial charge in [0.1, 0.15) is 5.60 Å². The topological polar surface area (TPSA) is 58.6 Å². The summed E-state index contributed by atoms with van der Waals surface area (Å²) in [6.45, 7) is 7.18. The number of hydrogen-bond acceptors (Lipinski definition) is 3. The van der Waals surface area contributed by atoms with Gasteiger partial charge in [-0.05, 0) is 46.1 Å². The van der Waals surface area contributed by atoms with Gasteiger partial charge in [-0.2, -0.15) is 0 Å². The van der Waals surface area contributed by atoms with Crippen LogP contribution in [0.15, 0.2) is 42.5 Å². The Morgan fingerprint density at radius 1 is 1.27 bits per heavy atom. The zero-order chi connectivity index (χ0) is 16.6. The molecule has 0 radical (unpaired) electrons. The van der Waals surface area contributed by atoms with Crippen LogP contribution in [0.1, 0.15) is 39.7 Å². The Hall–Kier alpha value is -1.81. The second-order valence-corrected chi connectivity index (χ2v) is 6.40. The minimum atomic E-state index is -0.639. The Balaban J connectivity index is 2.32. The summed E-state index contributed by atoms with van der Waals surface area (Å²) in [6.07, 6.45) is 4.14. The molecule has 0 fully saturated rings. The average Bonchev–Trinajstić information content (AvgIpc) is 2.42. The van der Waals surface area contributed by atoms with Crippen molar-refractivity contribution in [3.63, 3.8) is 0 Å². The summed E-state index contributed by atoms with van der Waals surface area (Å²) >= 11 is 0. The number of hydrogen-bond donors (Lipinski definition) is 2. The maximum absolute atomic E-state index is 11.6. The Morgan fingerprint density at radius 2 is 1.91 bits per heavy atom. The molecule has 4 nitrogen and oxygen atoms in total. The van der Waals surface area contributed by atoms with Gasteiger partial charge in [-0.25, -0.2) is 4.79 Å². The van der Waals surface area contributed by atoms with Crippen LogP contribution < -0.4 is 5.32 Å². The number of rotatable bonds is 6. The van der Waals surface area contributed by atoms with Gasteiger partial charge < -0.3 is 15.2 Å². The van der Waals surface area contributed by atoms with E-state index in [0.717, 1.165) is 6.42 Å². The molecule has 2 atom stereocenters. The van der Waals surface area contributed by atoms with Crippen LogP contribution in [0.25, 0.3) is 0 Å². The van der Waals surface area contributed by atoms with Crippen molar-refractivity contribution in [2.75, 3.05) is 0 Å². The predicted molar refractivity (Wildman–Crippen MR) is 88.7 cm³/mol. The SMILES string of the molecule is C[C@H](NC(=O)OC(C)(C)C)[C@H](O)C/C=C/Cc1ccccc1. The predicted octanol–water partition coefficient (Wildman–Crippen LogP) is 3.45. The third-order valence-electron chi connectivity index (χ3n) is 3.06. The molecule has 0 aromatic heterocycles. The normalized spacial score (nSPS) is 14.6. The van der Waals surface area contributed by atoms with Gasteiger partial charge in [0.15, 0.2) is 0 Å². The fourth-order valence-corrected chi connectivity index (χ4v) is 1.86. The molecule has 0 saturated heterocycles. The zero-order valence-corrected chi connectivity index (χ0v) is 13.9. The van der Waals surface area contributed by atoms with Gasteiger partial charge in [0.25, 0.3) is 0 Å². The van der Waals surface area contributed by atoms with E-state index in [1.54, 1.807) is 27.7 Å². The first-order chi connectivity index (χ1) is 10.3. The first-order valence-electron chi connectivity index (χ1n) is 7.64. The number of aliphatic hydroxyl groups is 1. The highest BCUT2D eigenvalue weighted by Gasteiger charge is 2.20. The van der Waals surface area contributed by atoms with E-state index in [9.17, 15) is 9.90 Å². The van der Waals surface area contributed by atoms with Gasteiger partial charge in [0.2, 0.25) is 0 Å². The van der Waals surface area contributed by atoms with Crippen molar-refractivity contribution >= 4 is 6.09 Å². The molecule has 0 aliphatic heterocycles. The highest BCUT2D eigenvalue weighted by atomic mass is 16.6. The minimum absolute atomic E-state index is 0.365. The molecule has 0 bridgehead atoms. The van der Waals surface area contributed by atoms with Gasteiger partial charge in [0, 0.05) is 0 Å². The van der Waals surface area contributed by atoms with E-state index >= 15 is 0 Å². The molecule has 4 heteroatoms. The number of nitrogens with one attached hydrogen (secondary N) is 1. The van der Waals surface area contributed by atoms with Gasteiger partial charge in [-0.3, -0.25) is 0 Å². The number of carbonyl (C=O) groups is 1. The molecule has 122 valence electrons. The summed E-state index contributed by atoms with van der Waals surface area (Å²) < 4.78 is 5.16. The van der Waals surface area contributed by atoms with Crippen molar-refractivity contribution in [2.24, 2.45) is 0 Å². The quantitative estimate of drug-likeness (QED) is 0.791. The molecule has 0 aliphatic carbocycles. The van der Waals surface area contributed by atoms with Crippen molar-refractivity contribution in [3.8, 4) is 0 Å². The molecule has 0 aliphatic rings. The lowest BCUT2D eigenvalue weighted by Gasteiger charge is -2.23. The number of amides is 1. The third kappa shape index (κ3) is 7.84. The Kier molecular flexibility index (Phi) is 7.12. The first-order valence-corrected chi connectivity index (χ1v) is 7.64. The maximum atomic E-state index is 11.6. The number of ether oxygens (including phenoxy) is 1. The molecule has 1 aromatic rings. The molecule has 0 unspecified atom stereocenters. The van der Waals surface area contributed by atoms with Crippen LogP contribution in [0.4, 0.5) is 4.79 Å². The molecule has 0 saturated carbocycles. The molecule has 1 amide bonds. The fraction of sp³-hybridized carbons (Fsp3) is 0.500. The second-order valence-electron chi connectivity index (χ2n) is 6.40. The van der Waals surface area contributed by atoms with E-state index < -0.39 is 17.8 Å². The van der Waals surface area contributed by atoms with Gasteiger partial charge in [0.05, 0.1) is 12.1 Å². The van der Waals surface area contributed by atoms with Crippen molar-refractivity contribution in [2.45, 2.75) is 58.3 Å². The van der Waals surface area contributed by atoms with Crippen LogP contribution in [0, 0.1) is 0 Å². The average molecular weight is 305 g/mol. The van der Waals surface area contributed by atoms with Crippen LogP contribution in [-0.4, -0.2) is 28.9 Å². The monoisotopic (exact) mass is 305 g/mol. The van der Waals surface area contributed by atoms with Crippen LogP contribution in [0.2, 0.25) is 0 Å². The molecule has 2 N–H and O–H groups in total. The van der Waals surface area contributed by atoms with E-state index in [1.165, 1.54) is 5.56 Å². The first kappa shape index (κ1) is 18.2. The van der Waals surface area contributed by atoms with E-state index in [1.807, 2.05) is 30.4 Å². The highest BCUT2D eigenvalue weighted by molar-refractivity contribution is 5.68. The molecule has 1 rings (SSSR count). The zero-order valence-electron chi connectivity index (χ0n) is 13.9. The summed E-state index contributed by atoms with van der Waals surface area (Å²) in [5.74, 6) is 0. The van der Waals surface area contributed by atoms with E-state index in [0.29, 0.717) is 6.42 Å². The molecule has 0 heterocycles. The summed E-state index contributed by atoms with van der Waals surface area (Å²) in [5, 5.41) is 12.7. The summed E-state index contributed by atoms with van der Waals surface area (Å²) in [4.78, 5) is 11.6. The second kappa shape index (κ2) is 8.59. The third-order valence-corrected chi connectivity index (χ3v) is 3.06. The maximum Gasteiger partial charge on any atom is 0.407 e. The van der Waals surface area contributed by atoms with Crippen LogP contribution >= 0.6 is 0 Å². The molecular formula is C18H27NO3. The van der Waals surface area contributed by atoms with Crippen LogP contribution in [0.5, 0.6) is 0 Å². The number of alkyl carbamates (subject to hydrolysis) is 1. The van der Waals surface area contributed by atoms with Crippen molar-refractivity contribution < 1.29 is 14.6 Å². The van der Waals surface area contributed by atoms with E-state index in [-0.39, 0.29) is 6.04 Å². The van der Waals surface area contributed by atoms with E-state index in [2.05, 4.69) is 17.4 Å². The number of benzene rings is 1. The molecule has 22 heavy (non-hydrogen) atoms. The largest absolute Gasteiger partial charge is 0.444 e. The summed E-state index contributed by atoms with van der Waals surface area (Å²) in [5.41, 5.74) is 0.692. The molecule has 0 spiro atoms. The Labute approximate surface area is 133 Å². The lowest BCUT2D eigenvalue weighted by Crippen LogP contribution is -2.43. The van der Waals surface area contributed by atoms with Crippen molar-refractivity contribution in [1.82, 2.24) is 5.32 Å². The lowest BCUT2D eigenvalue weighted by molar-refractivity contribution is 0.0439. The standard InChI is InChI=1S/C18H27NO3/c1-14(19-17(21)22-18(2,3)4)16(20)13-9-8-12-15-10-6-5-7-11-15/h5-11,14,16,20H,12-13H2,1-4H3,(H,19,21)/b9-8+/t14-,16+/m0/s1. The number of carbonyl (C=O) groups excluding carboxylic acids is 1. The van der Waals surface area contributed by atoms with Crippen LogP contribution in [-0.2, 0) is 11.2 Å². The highest BCUT2D eigenvalue weighted by Crippen LogP contribution is 2.08. The minimum Gasteiger partial charge on any atom is -0.444 e. The lowest BCUT2D eigenvalue weighted by atomic mass is 10.1. The van der Waals surface area contributed by atoms with Gasteiger partial charge in [-0.15, -0.1) is 0 Å². The molecule has 1 aromatic carbocycles. The fourth-order valence-electron chi connectivity index (χ4n) is 1.86. The number of allylic oxidation sites excluding steroid dienone is 1. The van der Waals surface area contributed by atoms with E-state index in [4.69, 9.17) is 4.74 Å². The molecular weight excluding hydrogens is 278 g/mol. The van der Waals surface area contributed by atoms with Crippen LogP contribution in [0.3, 0.4) is 0 Å². The van der Waals surface area contributed by atoms with Crippen molar-refractivity contribution in [1.29, 1.82) is 0 Å². The van der Waals surface area contributed by atoms with Gasteiger partial charge >= 0.3 is 6.09 Å². The summed E-state index contributed by atoms with van der Waals surface area (Å²) in [6, 6.07) is 9.76. The summed E-state index contributed by atoms with van der Waals surface area (Å²) in [7, 11) is 0. The van der Waals surface area contributed by atoms with Crippen molar-refractivity contribution in [3.05, 3.63) is 48.0 Å². The number of aliphatic hydroxyl groups excluding tert-OH is 1. The smallest absolute Gasteiger partial charge is 0.407 e. The Morgan fingerprint density at radius 3 is 2.50 bits per heavy atom. The Bertz CT molecular complexity index is 477.